The Morgan fingerprint density at radius 1 is 1.29 bits per heavy atom. The lowest BCUT2D eigenvalue weighted by atomic mass is 10.0. The van der Waals surface area contributed by atoms with Gasteiger partial charge in [-0.1, -0.05) is 12.1 Å². The van der Waals surface area contributed by atoms with Crippen LogP contribution in [0, 0.1) is 0 Å². The smallest absolute Gasteiger partial charge is 0.0574 e. The van der Waals surface area contributed by atoms with Gasteiger partial charge in [0.15, 0.2) is 0 Å². The lowest BCUT2D eigenvalue weighted by Gasteiger charge is -2.31. The molecule has 0 amide bonds. The minimum absolute atomic E-state index is 0.114. The van der Waals surface area contributed by atoms with Gasteiger partial charge in [0.05, 0.1) is 6.10 Å². The third kappa shape index (κ3) is 4.99. The number of anilines is 1. The molecule has 1 saturated heterocycles. The SMILES string of the molecule is COCCCNC(C)c1ccc(N2CCC(O)CC2)cc1. The van der Waals surface area contributed by atoms with Gasteiger partial charge in [0.25, 0.3) is 0 Å². The van der Waals surface area contributed by atoms with Crippen molar-refractivity contribution in [3.63, 3.8) is 0 Å². The third-order valence-corrected chi connectivity index (χ3v) is 4.20. The average Bonchev–Trinajstić information content (AvgIpc) is 2.52. The standard InChI is InChI=1S/C17H28N2O2/c1-14(18-10-3-13-21-2)15-4-6-16(7-5-15)19-11-8-17(20)9-12-19/h4-7,14,17-18,20H,3,8-13H2,1-2H3. The van der Waals surface area contributed by atoms with Gasteiger partial charge in [-0.25, -0.2) is 0 Å². The van der Waals surface area contributed by atoms with Crippen LogP contribution in [0.2, 0.25) is 0 Å². The van der Waals surface area contributed by atoms with Gasteiger partial charge in [0.2, 0.25) is 0 Å². The molecule has 118 valence electrons. The molecule has 1 aliphatic heterocycles. The molecule has 0 radical (unpaired) electrons. The van der Waals surface area contributed by atoms with Crippen molar-refractivity contribution in [2.45, 2.75) is 38.3 Å². The number of rotatable bonds is 7. The summed E-state index contributed by atoms with van der Waals surface area (Å²) < 4.78 is 5.06. The van der Waals surface area contributed by atoms with Crippen LogP contribution in [0.1, 0.15) is 37.8 Å². The molecular weight excluding hydrogens is 264 g/mol. The number of ether oxygens (including phenoxy) is 1. The summed E-state index contributed by atoms with van der Waals surface area (Å²) in [4.78, 5) is 2.35. The number of aliphatic hydroxyl groups excluding tert-OH is 1. The summed E-state index contributed by atoms with van der Waals surface area (Å²) in [6.07, 6.45) is 2.67. The first-order valence-corrected chi connectivity index (χ1v) is 7.96. The van der Waals surface area contributed by atoms with E-state index in [2.05, 4.69) is 41.4 Å². The molecule has 1 fully saturated rings. The molecule has 0 spiro atoms. The molecule has 4 heteroatoms. The molecule has 1 aromatic rings. The zero-order valence-electron chi connectivity index (χ0n) is 13.2. The van der Waals surface area contributed by atoms with E-state index in [1.807, 2.05) is 0 Å². The average molecular weight is 292 g/mol. The van der Waals surface area contributed by atoms with Crippen LogP contribution >= 0.6 is 0 Å². The Labute approximate surface area is 128 Å². The van der Waals surface area contributed by atoms with E-state index < -0.39 is 0 Å². The number of nitrogens with one attached hydrogen (secondary N) is 1. The summed E-state index contributed by atoms with van der Waals surface area (Å²) in [5, 5.41) is 13.1. The summed E-state index contributed by atoms with van der Waals surface area (Å²) in [5.74, 6) is 0. The topological polar surface area (TPSA) is 44.7 Å². The number of piperidine rings is 1. The van der Waals surface area contributed by atoms with Crippen LogP contribution in [0.25, 0.3) is 0 Å². The Morgan fingerprint density at radius 3 is 2.57 bits per heavy atom. The van der Waals surface area contributed by atoms with Crippen molar-refractivity contribution in [3.8, 4) is 0 Å². The first kappa shape index (κ1) is 16.3. The fourth-order valence-electron chi connectivity index (χ4n) is 2.75. The molecular formula is C17H28N2O2. The van der Waals surface area contributed by atoms with Crippen molar-refractivity contribution >= 4 is 5.69 Å². The van der Waals surface area contributed by atoms with Gasteiger partial charge >= 0.3 is 0 Å². The second-order valence-corrected chi connectivity index (χ2v) is 5.83. The maximum Gasteiger partial charge on any atom is 0.0574 e. The molecule has 2 rings (SSSR count). The first-order chi connectivity index (χ1) is 10.2. The highest BCUT2D eigenvalue weighted by molar-refractivity contribution is 5.48. The summed E-state index contributed by atoms with van der Waals surface area (Å²) in [7, 11) is 1.74. The van der Waals surface area contributed by atoms with Crippen LogP contribution in [0.15, 0.2) is 24.3 Å². The van der Waals surface area contributed by atoms with Crippen LogP contribution in [0.4, 0.5) is 5.69 Å². The van der Waals surface area contributed by atoms with Crippen molar-refractivity contribution in [3.05, 3.63) is 29.8 Å². The third-order valence-electron chi connectivity index (χ3n) is 4.20. The second-order valence-electron chi connectivity index (χ2n) is 5.83. The summed E-state index contributed by atoms with van der Waals surface area (Å²) in [6, 6.07) is 9.16. The van der Waals surface area contributed by atoms with Gasteiger partial charge in [0.1, 0.15) is 0 Å². The molecule has 4 nitrogen and oxygen atoms in total. The highest BCUT2D eigenvalue weighted by Crippen LogP contribution is 2.22. The fourth-order valence-corrected chi connectivity index (χ4v) is 2.75. The predicted molar refractivity (Wildman–Crippen MR) is 86.8 cm³/mol. The quantitative estimate of drug-likeness (QED) is 0.757. The molecule has 1 aromatic carbocycles. The van der Waals surface area contributed by atoms with Gasteiger partial charge in [-0.2, -0.15) is 0 Å². The van der Waals surface area contributed by atoms with Crippen molar-refractivity contribution in [1.29, 1.82) is 0 Å². The van der Waals surface area contributed by atoms with Gasteiger partial charge in [-0.3, -0.25) is 0 Å². The van der Waals surface area contributed by atoms with E-state index in [-0.39, 0.29) is 6.10 Å². The minimum Gasteiger partial charge on any atom is -0.393 e. The number of methoxy groups -OCH3 is 1. The van der Waals surface area contributed by atoms with Crippen molar-refractivity contribution in [1.82, 2.24) is 5.32 Å². The summed E-state index contributed by atoms with van der Waals surface area (Å²) in [5.41, 5.74) is 2.57. The second kappa shape index (κ2) is 8.37. The zero-order chi connectivity index (χ0) is 15.1. The minimum atomic E-state index is -0.114. The fraction of sp³-hybridized carbons (Fsp3) is 0.647. The van der Waals surface area contributed by atoms with E-state index in [1.165, 1.54) is 11.3 Å². The molecule has 0 aromatic heterocycles. The number of nitrogens with zero attached hydrogens (tertiary/aromatic N) is 1. The van der Waals surface area contributed by atoms with Crippen molar-refractivity contribution in [2.24, 2.45) is 0 Å². The van der Waals surface area contributed by atoms with Crippen LogP contribution in [0.3, 0.4) is 0 Å². The first-order valence-electron chi connectivity index (χ1n) is 7.96. The molecule has 1 atom stereocenters. The van der Waals surface area contributed by atoms with E-state index in [0.717, 1.165) is 45.5 Å². The molecule has 0 bridgehead atoms. The Balaban J connectivity index is 1.83. The van der Waals surface area contributed by atoms with Crippen molar-refractivity contribution < 1.29 is 9.84 Å². The monoisotopic (exact) mass is 292 g/mol. The number of aliphatic hydroxyl groups is 1. The van der Waals surface area contributed by atoms with E-state index in [1.54, 1.807) is 7.11 Å². The van der Waals surface area contributed by atoms with Gasteiger partial charge in [-0.15, -0.1) is 0 Å². The summed E-state index contributed by atoms with van der Waals surface area (Å²) >= 11 is 0. The van der Waals surface area contributed by atoms with Gasteiger partial charge in [0, 0.05) is 38.5 Å². The lowest BCUT2D eigenvalue weighted by molar-refractivity contribution is 0.145. The maximum atomic E-state index is 9.57. The molecule has 0 aliphatic carbocycles. The Hall–Kier alpha value is -1.10. The maximum absolute atomic E-state index is 9.57. The number of hydrogen-bond acceptors (Lipinski definition) is 4. The van der Waals surface area contributed by atoms with E-state index in [9.17, 15) is 5.11 Å². The molecule has 1 aliphatic rings. The Morgan fingerprint density at radius 2 is 1.95 bits per heavy atom. The molecule has 1 heterocycles. The molecule has 2 N–H and O–H groups in total. The Kier molecular flexibility index (Phi) is 6.49. The molecule has 21 heavy (non-hydrogen) atoms. The molecule has 1 unspecified atom stereocenters. The van der Waals surface area contributed by atoms with Crippen LogP contribution in [-0.4, -0.2) is 44.6 Å². The van der Waals surface area contributed by atoms with Crippen molar-refractivity contribution in [2.75, 3.05) is 38.3 Å². The largest absolute Gasteiger partial charge is 0.393 e. The van der Waals surface area contributed by atoms with Crippen LogP contribution in [0.5, 0.6) is 0 Å². The van der Waals surface area contributed by atoms with Crippen LogP contribution < -0.4 is 10.2 Å². The number of hydrogen-bond donors (Lipinski definition) is 2. The highest BCUT2D eigenvalue weighted by Gasteiger charge is 2.17. The normalized spacial score (nSPS) is 18.0. The van der Waals surface area contributed by atoms with E-state index in [0.29, 0.717) is 6.04 Å². The highest BCUT2D eigenvalue weighted by atomic mass is 16.5. The van der Waals surface area contributed by atoms with E-state index >= 15 is 0 Å². The lowest BCUT2D eigenvalue weighted by Crippen LogP contribution is -2.35. The Bertz CT molecular complexity index is 400. The predicted octanol–water partition coefficient (Wildman–Crippen LogP) is 2.33. The molecule has 0 saturated carbocycles. The van der Waals surface area contributed by atoms with Crippen LogP contribution in [-0.2, 0) is 4.74 Å². The van der Waals surface area contributed by atoms with Gasteiger partial charge in [-0.05, 0) is 50.4 Å². The van der Waals surface area contributed by atoms with Gasteiger partial charge < -0.3 is 20.1 Å². The zero-order valence-corrected chi connectivity index (χ0v) is 13.2. The number of benzene rings is 1. The van der Waals surface area contributed by atoms with E-state index in [4.69, 9.17) is 4.74 Å². The summed E-state index contributed by atoms with van der Waals surface area (Å²) in [6.45, 7) is 5.87.